The zero-order valence-electron chi connectivity index (χ0n) is 15.5. The van der Waals surface area contributed by atoms with Crippen LogP contribution in [0.4, 0.5) is 0 Å². The molecule has 2 N–H and O–H groups in total. The number of halogens is 2. The first-order valence-electron chi connectivity index (χ1n) is 8.52. The number of rotatable bonds is 8. The van der Waals surface area contributed by atoms with E-state index in [1.165, 1.54) is 12.8 Å². The lowest BCUT2D eigenvalue weighted by Crippen LogP contribution is -2.47. The Morgan fingerprint density at radius 1 is 1.24 bits per heavy atom. The standard InChI is InChI=1S/C18H29ClN4O.HI/c1-13(24-16-9-7-15(19)8-10-16)11-21-18(20-2)22-12-17(23(3)4)14-5-6-14;/h7-10,13-14,17H,5-6,11-12H2,1-4H3,(H2,20,21,22);1H. The Bertz CT molecular complexity index is 532. The Morgan fingerprint density at radius 3 is 2.36 bits per heavy atom. The van der Waals surface area contributed by atoms with Gasteiger partial charge in [0.15, 0.2) is 5.96 Å². The maximum atomic E-state index is 5.88. The summed E-state index contributed by atoms with van der Waals surface area (Å²) in [6.07, 6.45) is 2.70. The Labute approximate surface area is 173 Å². The average molecular weight is 481 g/mol. The minimum atomic E-state index is 0. The smallest absolute Gasteiger partial charge is 0.191 e. The molecule has 1 aliphatic carbocycles. The van der Waals surface area contributed by atoms with Crippen molar-refractivity contribution >= 4 is 41.5 Å². The van der Waals surface area contributed by atoms with E-state index < -0.39 is 0 Å². The van der Waals surface area contributed by atoms with Gasteiger partial charge in [-0.25, -0.2) is 0 Å². The van der Waals surface area contributed by atoms with Gasteiger partial charge in [0.25, 0.3) is 0 Å². The fourth-order valence-corrected chi connectivity index (χ4v) is 2.83. The van der Waals surface area contributed by atoms with Gasteiger partial charge in [0, 0.05) is 24.7 Å². The van der Waals surface area contributed by atoms with Crippen molar-refractivity contribution in [1.82, 2.24) is 15.5 Å². The molecule has 0 aliphatic heterocycles. The summed E-state index contributed by atoms with van der Waals surface area (Å²) in [4.78, 5) is 6.59. The van der Waals surface area contributed by atoms with E-state index in [1.807, 2.05) is 31.2 Å². The van der Waals surface area contributed by atoms with Crippen molar-refractivity contribution in [2.75, 3.05) is 34.2 Å². The number of ether oxygens (including phenoxy) is 1. The number of likely N-dealkylation sites (N-methyl/N-ethyl adjacent to an activating group) is 1. The normalized spacial score (nSPS) is 16.8. The second-order valence-corrected chi connectivity index (χ2v) is 7.02. The molecule has 1 aliphatic rings. The molecule has 1 saturated carbocycles. The van der Waals surface area contributed by atoms with Crippen LogP contribution in [0.15, 0.2) is 29.3 Å². The number of hydrogen-bond acceptors (Lipinski definition) is 3. The van der Waals surface area contributed by atoms with Crippen LogP contribution in [-0.2, 0) is 0 Å². The number of benzene rings is 1. The molecule has 0 bridgehead atoms. The van der Waals surface area contributed by atoms with E-state index in [1.54, 1.807) is 7.05 Å². The molecule has 0 amide bonds. The summed E-state index contributed by atoms with van der Waals surface area (Å²) >= 11 is 5.88. The van der Waals surface area contributed by atoms with Crippen LogP contribution in [-0.4, -0.2) is 57.2 Å². The zero-order valence-corrected chi connectivity index (χ0v) is 18.5. The van der Waals surface area contributed by atoms with E-state index in [2.05, 4.69) is 34.6 Å². The molecule has 5 nitrogen and oxygen atoms in total. The first kappa shape index (κ1) is 22.3. The molecule has 1 fully saturated rings. The lowest BCUT2D eigenvalue weighted by Gasteiger charge is -2.25. The molecule has 1 aromatic rings. The van der Waals surface area contributed by atoms with Crippen molar-refractivity contribution in [3.05, 3.63) is 29.3 Å². The third-order valence-corrected chi connectivity index (χ3v) is 4.49. The number of hydrogen-bond donors (Lipinski definition) is 2. The van der Waals surface area contributed by atoms with Gasteiger partial charge in [-0.2, -0.15) is 0 Å². The summed E-state index contributed by atoms with van der Waals surface area (Å²) in [5.41, 5.74) is 0. The van der Waals surface area contributed by atoms with Crippen LogP contribution >= 0.6 is 35.6 Å². The molecule has 0 saturated heterocycles. The van der Waals surface area contributed by atoms with Crippen LogP contribution in [0.5, 0.6) is 5.75 Å². The Balaban J connectivity index is 0.00000312. The van der Waals surface area contributed by atoms with E-state index in [9.17, 15) is 0 Å². The van der Waals surface area contributed by atoms with Gasteiger partial charge in [0.2, 0.25) is 0 Å². The maximum absolute atomic E-state index is 5.88. The number of nitrogens with zero attached hydrogens (tertiary/aromatic N) is 2. The molecule has 2 unspecified atom stereocenters. The largest absolute Gasteiger partial charge is 0.489 e. The van der Waals surface area contributed by atoms with Gasteiger partial charge in [-0.05, 0) is 64.0 Å². The number of aliphatic imine (C=N–C) groups is 1. The monoisotopic (exact) mass is 480 g/mol. The summed E-state index contributed by atoms with van der Waals surface area (Å²) < 4.78 is 5.86. The summed E-state index contributed by atoms with van der Waals surface area (Å²) in [7, 11) is 6.08. The molecule has 142 valence electrons. The molecule has 2 rings (SSSR count). The van der Waals surface area contributed by atoms with Crippen molar-refractivity contribution in [3.63, 3.8) is 0 Å². The van der Waals surface area contributed by atoms with Crippen LogP contribution in [0.3, 0.4) is 0 Å². The molecule has 0 spiro atoms. The predicted molar refractivity (Wildman–Crippen MR) is 117 cm³/mol. The molecule has 1 aromatic carbocycles. The lowest BCUT2D eigenvalue weighted by molar-refractivity contribution is 0.223. The number of guanidine groups is 1. The van der Waals surface area contributed by atoms with Crippen LogP contribution in [0.2, 0.25) is 5.02 Å². The topological polar surface area (TPSA) is 48.9 Å². The summed E-state index contributed by atoms with van der Waals surface area (Å²) in [5.74, 6) is 2.45. The van der Waals surface area contributed by atoms with E-state index in [-0.39, 0.29) is 30.1 Å². The second kappa shape index (κ2) is 11.1. The SMILES string of the molecule is CN=C(NCC(C)Oc1ccc(Cl)cc1)NCC(C1CC1)N(C)C.I. The minimum absolute atomic E-state index is 0. The van der Waals surface area contributed by atoms with Gasteiger partial charge >= 0.3 is 0 Å². The molecule has 7 heteroatoms. The lowest BCUT2D eigenvalue weighted by atomic mass is 10.1. The highest BCUT2D eigenvalue weighted by molar-refractivity contribution is 14.0. The van der Waals surface area contributed by atoms with Crippen LogP contribution in [0, 0.1) is 5.92 Å². The highest BCUT2D eigenvalue weighted by Gasteiger charge is 2.32. The third-order valence-electron chi connectivity index (χ3n) is 4.24. The van der Waals surface area contributed by atoms with E-state index in [0.717, 1.165) is 24.2 Å². The van der Waals surface area contributed by atoms with Crippen LogP contribution in [0.25, 0.3) is 0 Å². The van der Waals surface area contributed by atoms with Crippen LogP contribution < -0.4 is 15.4 Å². The molecule has 25 heavy (non-hydrogen) atoms. The predicted octanol–water partition coefficient (Wildman–Crippen LogP) is 3.23. The second-order valence-electron chi connectivity index (χ2n) is 6.58. The Kier molecular flexibility index (Phi) is 9.89. The molecule has 0 radical (unpaired) electrons. The fourth-order valence-electron chi connectivity index (χ4n) is 2.70. The van der Waals surface area contributed by atoms with Gasteiger partial charge < -0.3 is 20.3 Å². The molecule has 2 atom stereocenters. The Morgan fingerprint density at radius 2 is 1.84 bits per heavy atom. The van der Waals surface area contributed by atoms with Gasteiger partial charge in [-0.1, -0.05) is 11.6 Å². The average Bonchev–Trinajstić information content (AvgIpc) is 3.37. The summed E-state index contributed by atoms with van der Waals surface area (Å²) in [5, 5.41) is 7.46. The van der Waals surface area contributed by atoms with Crippen molar-refractivity contribution in [1.29, 1.82) is 0 Å². The summed E-state index contributed by atoms with van der Waals surface area (Å²) in [6, 6.07) is 7.98. The number of nitrogens with one attached hydrogen (secondary N) is 2. The zero-order chi connectivity index (χ0) is 17.5. The first-order valence-corrected chi connectivity index (χ1v) is 8.90. The van der Waals surface area contributed by atoms with Gasteiger partial charge in [0.1, 0.15) is 11.9 Å². The van der Waals surface area contributed by atoms with Crippen molar-refractivity contribution in [2.24, 2.45) is 10.9 Å². The molecular weight excluding hydrogens is 451 g/mol. The first-order chi connectivity index (χ1) is 11.5. The highest BCUT2D eigenvalue weighted by atomic mass is 127. The fraction of sp³-hybridized carbons (Fsp3) is 0.611. The van der Waals surface area contributed by atoms with Crippen molar-refractivity contribution < 1.29 is 4.74 Å². The van der Waals surface area contributed by atoms with Gasteiger partial charge in [-0.15, -0.1) is 24.0 Å². The Hall–Kier alpha value is -0.730. The van der Waals surface area contributed by atoms with Crippen molar-refractivity contribution in [2.45, 2.75) is 31.9 Å². The quantitative estimate of drug-likeness (QED) is 0.341. The highest BCUT2D eigenvalue weighted by Crippen LogP contribution is 2.34. The minimum Gasteiger partial charge on any atom is -0.489 e. The third kappa shape index (κ3) is 8.00. The molecule has 0 aromatic heterocycles. The summed E-state index contributed by atoms with van der Waals surface area (Å²) in [6.45, 7) is 3.61. The van der Waals surface area contributed by atoms with E-state index in [4.69, 9.17) is 16.3 Å². The van der Waals surface area contributed by atoms with E-state index >= 15 is 0 Å². The van der Waals surface area contributed by atoms with E-state index in [0.29, 0.717) is 17.6 Å². The maximum Gasteiger partial charge on any atom is 0.191 e. The van der Waals surface area contributed by atoms with Gasteiger partial charge in [0.05, 0.1) is 6.54 Å². The molecular formula is C18H30ClIN4O. The van der Waals surface area contributed by atoms with Crippen LogP contribution in [0.1, 0.15) is 19.8 Å². The van der Waals surface area contributed by atoms with Crippen molar-refractivity contribution in [3.8, 4) is 5.75 Å². The van der Waals surface area contributed by atoms with Gasteiger partial charge in [-0.3, -0.25) is 4.99 Å². The molecule has 0 heterocycles.